The summed E-state index contributed by atoms with van der Waals surface area (Å²) < 4.78 is 7.10. The highest BCUT2D eigenvalue weighted by Crippen LogP contribution is 2.26. The van der Waals surface area contributed by atoms with Crippen molar-refractivity contribution in [2.45, 2.75) is 25.3 Å². The van der Waals surface area contributed by atoms with Crippen molar-refractivity contribution in [3.05, 3.63) is 52.3 Å². The Morgan fingerprint density at radius 1 is 1.46 bits per heavy atom. The fraction of sp³-hybridized carbons (Fsp3) is 0.421. The monoisotopic (exact) mass is 354 g/mol. The molecule has 26 heavy (non-hydrogen) atoms. The second kappa shape index (κ2) is 6.92. The fourth-order valence-electron chi connectivity index (χ4n) is 3.58. The third-order valence-electron chi connectivity index (χ3n) is 4.97. The van der Waals surface area contributed by atoms with E-state index in [9.17, 15) is 9.59 Å². The Hall–Kier alpha value is -2.67. The average Bonchev–Trinajstić information content (AvgIpc) is 3.29. The topological polar surface area (TPSA) is 85.2 Å². The Morgan fingerprint density at radius 2 is 2.35 bits per heavy atom. The molecule has 1 unspecified atom stereocenters. The van der Waals surface area contributed by atoms with Crippen LogP contribution < -0.4 is 10.6 Å². The maximum Gasteiger partial charge on any atom is 0.255 e. The summed E-state index contributed by atoms with van der Waals surface area (Å²) in [6, 6.07) is 5.80. The van der Waals surface area contributed by atoms with Gasteiger partial charge in [-0.05, 0) is 30.0 Å². The van der Waals surface area contributed by atoms with Crippen molar-refractivity contribution in [1.82, 2.24) is 20.4 Å². The standard InChI is InChI=1S/C19H22N4O3/c1-23-10-16(17(22-23)14-5-7-26-11-14)19(25)21-9-12-2-3-13-4-6-20-18(24)15(13)8-12/h2-3,8,10,14H,4-7,9,11H2,1H3,(H,20,24)(H,21,25). The van der Waals surface area contributed by atoms with Gasteiger partial charge in [0.2, 0.25) is 0 Å². The van der Waals surface area contributed by atoms with E-state index in [-0.39, 0.29) is 17.7 Å². The van der Waals surface area contributed by atoms with Gasteiger partial charge in [0, 0.05) is 44.4 Å². The number of benzene rings is 1. The molecule has 3 heterocycles. The van der Waals surface area contributed by atoms with E-state index >= 15 is 0 Å². The predicted octanol–water partition coefficient (Wildman–Crippen LogP) is 1.14. The third kappa shape index (κ3) is 3.22. The van der Waals surface area contributed by atoms with Gasteiger partial charge in [0.15, 0.2) is 0 Å². The molecule has 1 fully saturated rings. The van der Waals surface area contributed by atoms with Gasteiger partial charge in [0.25, 0.3) is 11.8 Å². The van der Waals surface area contributed by atoms with Gasteiger partial charge in [-0.25, -0.2) is 0 Å². The van der Waals surface area contributed by atoms with Crippen LogP contribution >= 0.6 is 0 Å². The minimum atomic E-state index is -0.151. The molecule has 0 saturated carbocycles. The lowest BCUT2D eigenvalue weighted by molar-refractivity contribution is 0.0941. The summed E-state index contributed by atoms with van der Waals surface area (Å²) in [5.74, 6) is -0.0261. The number of carbonyl (C=O) groups excluding carboxylic acids is 2. The van der Waals surface area contributed by atoms with Gasteiger partial charge in [-0.15, -0.1) is 0 Å². The molecular formula is C19H22N4O3. The van der Waals surface area contributed by atoms with Crippen LogP contribution in [0.2, 0.25) is 0 Å². The molecule has 1 atom stereocenters. The summed E-state index contributed by atoms with van der Waals surface area (Å²) in [5, 5.41) is 10.3. The van der Waals surface area contributed by atoms with E-state index in [1.165, 1.54) is 0 Å². The quantitative estimate of drug-likeness (QED) is 0.862. The van der Waals surface area contributed by atoms with E-state index in [1.54, 1.807) is 10.9 Å². The summed E-state index contributed by atoms with van der Waals surface area (Å²) in [4.78, 5) is 24.6. The summed E-state index contributed by atoms with van der Waals surface area (Å²) in [6.45, 7) is 2.36. The van der Waals surface area contributed by atoms with E-state index in [0.717, 1.165) is 29.7 Å². The molecule has 0 radical (unpaired) electrons. The Bertz CT molecular complexity index is 852. The molecule has 2 aromatic rings. The lowest BCUT2D eigenvalue weighted by atomic mass is 9.98. The van der Waals surface area contributed by atoms with Crippen LogP contribution in [0.3, 0.4) is 0 Å². The van der Waals surface area contributed by atoms with E-state index in [4.69, 9.17) is 4.74 Å². The summed E-state index contributed by atoms with van der Waals surface area (Å²) in [5.41, 5.74) is 4.06. The highest BCUT2D eigenvalue weighted by Gasteiger charge is 2.26. The number of aryl methyl sites for hydroxylation is 1. The zero-order valence-corrected chi connectivity index (χ0v) is 14.7. The van der Waals surface area contributed by atoms with Gasteiger partial charge in [0.1, 0.15) is 0 Å². The smallest absolute Gasteiger partial charge is 0.255 e. The minimum Gasteiger partial charge on any atom is -0.381 e. The molecular weight excluding hydrogens is 332 g/mol. The number of nitrogens with one attached hydrogen (secondary N) is 2. The Labute approximate surface area is 151 Å². The Morgan fingerprint density at radius 3 is 3.15 bits per heavy atom. The SMILES string of the molecule is Cn1cc(C(=O)NCc2ccc3c(c2)C(=O)NCC3)c(C2CCOC2)n1. The van der Waals surface area contributed by atoms with Crippen LogP contribution in [0.5, 0.6) is 0 Å². The lowest BCUT2D eigenvalue weighted by Gasteiger charge is -2.17. The van der Waals surface area contributed by atoms with Crippen molar-refractivity contribution in [2.24, 2.45) is 7.05 Å². The molecule has 0 bridgehead atoms. The number of hydrogen-bond acceptors (Lipinski definition) is 4. The lowest BCUT2D eigenvalue weighted by Crippen LogP contribution is -2.32. The average molecular weight is 354 g/mol. The second-order valence-electron chi connectivity index (χ2n) is 6.84. The molecule has 1 saturated heterocycles. The van der Waals surface area contributed by atoms with Crippen LogP contribution in [0.15, 0.2) is 24.4 Å². The normalized spacial score (nSPS) is 19.1. The first-order valence-corrected chi connectivity index (χ1v) is 8.91. The molecule has 7 nitrogen and oxygen atoms in total. The molecule has 1 aromatic carbocycles. The Balaban J connectivity index is 1.48. The van der Waals surface area contributed by atoms with Gasteiger partial charge in [0.05, 0.1) is 17.9 Å². The number of hydrogen-bond donors (Lipinski definition) is 2. The van der Waals surface area contributed by atoms with Crippen LogP contribution in [-0.4, -0.2) is 41.4 Å². The molecule has 136 valence electrons. The molecule has 2 N–H and O–H groups in total. The number of nitrogens with zero attached hydrogens (tertiary/aromatic N) is 2. The van der Waals surface area contributed by atoms with Gasteiger partial charge in [-0.2, -0.15) is 5.10 Å². The predicted molar refractivity (Wildman–Crippen MR) is 95.0 cm³/mol. The van der Waals surface area contributed by atoms with E-state index in [2.05, 4.69) is 15.7 Å². The first kappa shape index (κ1) is 16.8. The van der Waals surface area contributed by atoms with Crippen molar-refractivity contribution in [3.8, 4) is 0 Å². The molecule has 7 heteroatoms. The number of ether oxygens (including phenoxy) is 1. The molecule has 2 aliphatic rings. The number of amides is 2. The molecule has 4 rings (SSSR count). The summed E-state index contributed by atoms with van der Waals surface area (Å²) >= 11 is 0. The zero-order chi connectivity index (χ0) is 18.1. The first-order chi connectivity index (χ1) is 12.6. The maximum absolute atomic E-state index is 12.7. The van der Waals surface area contributed by atoms with Crippen molar-refractivity contribution in [1.29, 1.82) is 0 Å². The maximum atomic E-state index is 12.7. The first-order valence-electron chi connectivity index (χ1n) is 8.91. The van der Waals surface area contributed by atoms with Gasteiger partial charge in [-0.3, -0.25) is 14.3 Å². The van der Waals surface area contributed by atoms with E-state index in [0.29, 0.717) is 37.4 Å². The second-order valence-corrected chi connectivity index (χ2v) is 6.84. The van der Waals surface area contributed by atoms with Gasteiger partial charge in [-0.1, -0.05) is 12.1 Å². The zero-order valence-electron chi connectivity index (χ0n) is 14.7. The minimum absolute atomic E-state index is 0.0461. The van der Waals surface area contributed by atoms with E-state index in [1.807, 2.05) is 25.2 Å². The van der Waals surface area contributed by atoms with Crippen molar-refractivity contribution >= 4 is 11.8 Å². The molecule has 2 aliphatic heterocycles. The van der Waals surface area contributed by atoms with Crippen LogP contribution in [0.4, 0.5) is 0 Å². The molecule has 0 spiro atoms. The van der Waals surface area contributed by atoms with Crippen LogP contribution in [0.25, 0.3) is 0 Å². The summed E-state index contributed by atoms with van der Waals surface area (Å²) in [6.07, 6.45) is 3.48. The molecule has 1 aromatic heterocycles. The van der Waals surface area contributed by atoms with Gasteiger partial charge < -0.3 is 15.4 Å². The van der Waals surface area contributed by atoms with Gasteiger partial charge >= 0.3 is 0 Å². The number of aromatic nitrogens is 2. The van der Waals surface area contributed by atoms with Crippen molar-refractivity contribution < 1.29 is 14.3 Å². The highest BCUT2D eigenvalue weighted by atomic mass is 16.5. The highest BCUT2D eigenvalue weighted by molar-refractivity contribution is 5.97. The van der Waals surface area contributed by atoms with Crippen LogP contribution in [0.1, 0.15) is 49.9 Å². The summed E-state index contributed by atoms with van der Waals surface area (Å²) in [7, 11) is 1.82. The molecule has 0 aliphatic carbocycles. The number of carbonyl (C=O) groups is 2. The number of rotatable bonds is 4. The van der Waals surface area contributed by atoms with Crippen LogP contribution in [-0.2, 0) is 24.8 Å². The van der Waals surface area contributed by atoms with Crippen molar-refractivity contribution in [3.63, 3.8) is 0 Å². The number of fused-ring (bicyclic) bond motifs is 1. The fourth-order valence-corrected chi connectivity index (χ4v) is 3.58. The third-order valence-corrected chi connectivity index (χ3v) is 4.97. The Kier molecular flexibility index (Phi) is 4.46. The largest absolute Gasteiger partial charge is 0.381 e. The molecule has 2 amide bonds. The van der Waals surface area contributed by atoms with E-state index < -0.39 is 0 Å². The van der Waals surface area contributed by atoms with Crippen molar-refractivity contribution in [2.75, 3.05) is 19.8 Å². The van der Waals surface area contributed by atoms with Crippen LogP contribution in [0, 0.1) is 0 Å².